The Bertz CT molecular complexity index is 618. The fourth-order valence-corrected chi connectivity index (χ4v) is 2.00. The van der Waals surface area contributed by atoms with Crippen LogP contribution in [0.3, 0.4) is 0 Å². The average molecular weight is 299 g/mol. The van der Waals surface area contributed by atoms with Crippen LogP contribution in [-0.2, 0) is 12.6 Å². The molecule has 5 heteroatoms. The first-order valence-electron chi connectivity index (χ1n) is 5.80. The molecule has 0 heterocycles. The van der Waals surface area contributed by atoms with Gasteiger partial charge in [-0.2, -0.15) is 13.2 Å². The van der Waals surface area contributed by atoms with E-state index >= 15 is 0 Å². The molecule has 0 amide bonds. The molecule has 0 unspecified atom stereocenters. The van der Waals surface area contributed by atoms with E-state index in [-0.39, 0.29) is 11.4 Å². The summed E-state index contributed by atoms with van der Waals surface area (Å²) in [5, 5.41) is 0.289. The largest absolute Gasteiger partial charge is 0.416 e. The molecule has 0 atom stereocenters. The Balaban J connectivity index is 2.30. The number of carbonyl (C=O) groups is 1. The second-order valence-corrected chi connectivity index (χ2v) is 4.75. The number of carbonyl (C=O) groups excluding carboxylic acids is 1. The highest BCUT2D eigenvalue weighted by atomic mass is 35.5. The van der Waals surface area contributed by atoms with E-state index in [0.29, 0.717) is 17.4 Å². The van der Waals surface area contributed by atoms with E-state index in [1.165, 1.54) is 6.07 Å². The zero-order chi connectivity index (χ0) is 14.8. The van der Waals surface area contributed by atoms with Gasteiger partial charge in [-0.3, -0.25) is 4.79 Å². The molecule has 0 spiro atoms. The first-order chi connectivity index (χ1) is 9.40. The summed E-state index contributed by atoms with van der Waals surface area (Å²) < 4.78 is 38.0. The van der Waals surface area contributed by atoms with Gasteiger partial charge in [0.25, 0.3) is 0 Å². The molecule has 0 aliphatic carbocycles. The number of rotatable bonds is 3. The molecular weight excluding hydrogens is 289 g/mol. The summed E-state index contributed by atoms with van der Waals surface area (Å²) in [6, 6.07) is 9.88. The van der Waals surface area contributed by atoms with E-state index in [1.54, 1.807) is 24.3 Å². The van der Waals surface area contributed by atoms with Crippen molar-refractivity contribution in [1.82, 2.24) is 0 Å². The highest BCUT2D eigenvalue weighted by molar-refractivity contribution is 6.31. The van der Waals surface area contributed by atoms with Gasteiger partial charge in [-0.15, -0.1) is 0 Å². The second kappa shape index (κ2) is 5.67. The third kappa shape index (κ3) is 3.39. The number of hydrogen-bond acceptors (Lipinski definition) is 1. The Labute approximate surface area is 119 Å². The first-order valence-corrected chi connectivity index (χ1v) is 6.17. The van der Waals surface area contributed by atoms with E-state index in [9.17, 15) is 18.0 Å². The molecule has 0 aliphatic heterocycles. The Morgan fingerprint density at radius 3 is 2.25 bits per heavy atom. The molecular formula is C15H10ClF3O. The Hall–Kier alpha value is -1.81. The van der Waals surface area contributed by atoms with Gasteiger partial charge in [0.05, 0.1) is 5.56 Å². The summed E-state index contributed by atoms with van der Waals surface area (Å²) in [5.41, 5.74) is 0.988. The Morgan fingerprint density at radius 2 is 1.70 bits per heavy atom. The number of hydrogen-bond donors (Lipinski definition) is 0. The fourth-order valence-electron chi connectivity index (χ4n) is 1.82. The lowest BCUT2D eigenvalue weighted by atomic mass is 10.0. The molecule has 0 bridgehead atoms. The molecule has 2 aromatic rings. The number of alkyl halides is 3. The van der Waals surface area contributed by atoms with Crippen LogP contribution in [-0.4, -0.2) is 6.29 Å². The molecule has 0 fully saturated rings. The van der Waals surface area contributed by atoms with Crippen molar-refractivity contribution in [2.24, 2.45) is 0 Å². The maximum Gasteiger partial charge on any atom is 0.416 e. The van der Waals surface area contributed by atoms with Gasteiger partial charge in [-0.1, -0.05) is 35.9 Å². The number of aldehydes is 1. The molecule has 1 nitrogen and oxygen atoms in total. The van der Waals surface area contributed by atoms with Crippen LogP contribution in [0.2, 0.25) is 5.02 Å². The van der Waals surface area contributed by atoms with Crippen LogP contribution >= 0.6 is 11.6 Å². The molecule has 0 aliphatic rings. The van der Waals surface area contributed by atoms with Crippen LogP contribution in [0.1, 0.15) is 27.0 Å². The predicted molar refractivity (Wildman–Crippen MR) is 71.1 cm³/mol. The molecule has 0 saturated heterocycles. The molecule has 20 heavy (non-hydrogen) atoms. The minimum absolute atomic E-state index is 0.280. The van der Waals surface area contributed by atoms with Crippen LogP contribution in [0.15, 0.2) is 42.5 Å². The maximum absolute atomic E-state index is 12.7. The minimum atomic E-state index is -4.39. The van der Waals surface area contributed by atoms with Gasteiger partial charge in [0.2, 0.25) is 0 Å². The lowest BCUT2D eigenvalue weighted by Gasteiger charge is -2.10. The third-order valence-corrected chi connectivity index (χ3v) is 3.25. The van der Waals surface area contributed by atoms with Crippen molar-refractivity contribution in [3.05, 3.63) is 69.7 Å². The Morgan fingerprint density at radius 1 is 1.05 bits per heavy atom. The Kier molecular flexibility index (Phi) is 4.14. The molecule has 104 valence electrons. The van der Waals surface area contributed by atoms with Crippen molar-refractivity contribution < 1.29 is 18.0 Å². The summed E-state index contributed by atoms with van der Waals surface area (Å²) in [5.74, 6) is 0. The van der Waals surface area contributed by atoms with Crippen molar-refractivity contribution in [3.8, 4) is 0 Å². The van der Waals surface area contributed by atoms with E-state index < -0.39 is 11.7 Å². The number of halogens is 4. The molecule has 0 radical (unpaired) electrons. The zero-order valence-electron chi connectivity index (χ0n) is 10.2. The second-order valence-electron chi connectivity index (χ2n) is 4.34. The number of benzene rings is 2. The minimum Gasteiger partial charge on any atom is -0.298 e. The summed E-state index contributed by atoms with van der Waals surface area (Å²) in [6.07, 6.45) is -3.40. The van der Waals surface area contributed by atoms with Crippen molar-refractivity contribution in [2.45, 2.75) is 12.6 Å². The normalized spacial score (nSPS) is 11.4. The fraction of sp³-hybridized carbons (Fsp3) is 0.133. The van der Waals surface area contributed by atoms with Gasteiger partial charge in [0, 0.05) is 10.6 Å². The summed E-state index contributed by atoms with van der Waals surface area (Å²) in [4.78, 5) is 10.5. The van der Waals surface area contributed by atoms with Crippen LogP contribution < -0.4 is 0 Å². The van der Waals surface area contributed by atoms with Crippen molar-refractivity contribution >= 4 is 17.9 Å². The summed E-state index contributed by atoms with van der Waals surface area (Å²) in [7, 11) is 0. The van der Waals surface area contributed by atoms with E-state index in [4.69, 9.17) is 11.6 Å². The smallest absolute Gasteiger partial charge is 0.298 e. The lowest BCUT2D eigenvalue weighted by Crippen LogP contribution is -2.05. The summed E-state index contributed by atoms with van der Waals surface area (Å²) in [6.45, 7) is 0. The molecule has 0 saturated carbocycles. The van der Waals surface area contributed by atoms with Crippen molar-refractivity contribution in [1.29, 1.82) is 0 Å². The van der Waals surface area contributed by atoms with Gasteiger partial charge in [-0.25, -0.2) is 0 Å². The van der Waals surface area contributed by atoms with Crippen LogP contribution in [0, 0.1) is 0 Å². The highest BCUT2D eigenvalue weighted by Crippen LogP contribution is 2.32. The molecule has 2 rings (SSSR count). The van der Waals surface area contributed by atoms with Crippen LogP contribution in [0.5, 0.6) is 0 Å². The summed E-state index contributed by atoms with van der Waals surface area (Å²) >= 11 is 5.93. The highest BCUT2D eigenvalue weighted by Gasteiger charge is 2.30. The SMILES string of the molecule is O=Cc1ccc(Cc2cc(C(F)(F)F)ccc2Cl)cc1. The van der Waals surface area contributed by atoms with Gasteiger partial charge in [0.1, 0.15) is 6.29 Å². The molecule has 0 N–H and O–H groups in total. The van der Waals surface area contributed by atoms with E-state index in [0.717, 1.165) is 17.7 Å². The third-order valence-electron chi connectivity index (χ3n) is 2.88. The lowest BCUT2D eigenvalue weighted by molar-refractivity contribution is -0.137. The van der Waals surface area contributed by atoms with Gasteiger partial charge < -0.3 is 0 Å². The standard InChI is InChI=1S/C15H10ClF3O/c16-14-6-5-13(15(17,18)19)8-12(14)7-10-1-3-11(9-20)4-2-10/h1-6,8-9H,7H2. The maximum atomic E-state index is 12.7. The predicted octanol–water partition coefficient (Wildman–Crippen LogP) is 4.76. The average Bonchev–Trinajstić information content (AvgIpc) is 2.41. The van der Waals surface area contributed by atoms with E-state index in [2.05, 4.69) is 0 Å². The topological polar surface area (TPSA) is 17.1 Å². The molecule has 0 aromatic heterocycles. The van der Waals surface area contributed by atoms with Crippen molar-refractivity contribution in [2.75, 3.05) is 0 Å². The van der Waals surface area contributed by atoms with Gasteiger partial charge in [-0.05, 0) is 35.7 Å². The monoisotopic (exact) mass is 298 g/mol. The van der Waals surface area contributed by atoms with Crippen LogP contribution in [0.4, 0.5) is 13.2 Å². The van der Waals surface area contributed by atoms with E-state index in [1.807, 2.05) is 0 Å². The quantitative estimate of drug-likeness (QED) is 0.747. The van der Waals surface area contributed by atoms with Gasteiger partial charge in [0.15, 0.2) is 0 Å². The zero-order valence-corrected chi connectivity index (χ0v) is 11.0. The van der Waals surface area contributed by atoms with Gasteiger partial charge >= 0.3 is 6.18 Å². The molecule has 2 aromatic carbocycles. The van der Waals surface area contributed by atoms with Crippen molar-refractivity contribution in [3.63, 3.8) is 0 Å². The van der Waals surface area contributed by atoms with Crippen LogP contribution in [0.25, 0.3) is 0 Å². The first kappa shape index (κ1) is 14.6.